The van der Waals surface area contributed by atoms with Crippen LogP contribution in [0.5, 0.6) is 11.5 Å². The van der Waals surface area contributed by atoms with Crippen LogP contribution in [0, 0.1) is 0 Å². The quantitative estimate of drug-likeness (QED) is 0.682. The van der Waals surface area contributed by atoms with Crippen molar-refractivity contribution in [2.75, 3.05) is 18.1 Å². The van der Waals surface area contributed by atoms with E-state index in [1.165, 1.54) is 0 Å². The van der Waals surface area contributed by atoms with Crippen LogP contribution >= 0.6 is 0 Å². The molecular weight excluding hydrogens is 350 g/mol. The summed E-state index contributed by atoms with van der Waals surface area (Å²) in [7, 11) is 0. The maximum Gasteiger partial charge on any atom is 0.262 e. The molecule has 3 aromatic carbocycles. The number of amides is 1. The van der Waals surface area contributed by atoms with Gasteiger partial charge in [-0.05, 0) is 23.8 Å². The van der Waals surface area contributed by atoms with Gasteiger partial charge in [0.15, 0.2) is 0 Å². The Morgan fingerprint density at radius 2 is 1.61 bits per heavy atom. The number of para-hydroxylation sites is 1. The molecule has 3 aromatic rings. The molecule has 4 heteroatoms. The largest absolute Gasteiger partial charge is 0.493 e. The average molecular weight is 371 g/mol. The van der Waals surface area contributed by atoms with E-state index in [0.29, 0.717) is 25.3 Å². The molecule has 28 heavy (non-hydrogen) atoms. The predicted octanol–water partition coefficient (Wildman–Crippen LogP) is 4.40. The molecule has 140 valence electrons. The molecule has 1 amide bonds. The molecule has 4 nitrogen and oxygen atoms in total. The number of carbonyl (C=O) groups excluding carboxylic acids is 1. The van der Waals surface area contributed by atoms with Crippen LogP contribution < -0.4 is 14.4 Å². The van der Waals surface area contributed by atoms with E-state index >= 15 is 0 Å². The normalized spacial score (nSPS) is 14.0. The molecule has 0 bridgehead atoms. The van der Waals surface area contributed by atoms with Gasteiger partial charge in [-0.25, -0.2) is 0 Å². The summed E-state index contributed by atoms with van der Waals surface area (Å²) in [5, 5.41) is 0. The molecule has 0 saturated carbocycles. The lowest BCUT2D eigenvalue weighted by Crippen LogP contribution is -2.31. The summed E-state index contributed by atoms with van der Waals surface area (Å²) in [5.74, 6) is 1.54. The second-order valence-electron chi connectivity index (χ2n) is 7.13. The van der Waals surface area contributed by atoms with Crippen molar-refractivity contribution in [3.8, 4) is 11.5 Å². The van der Waals surface area contributed by atoms with Crippen molar-refractivity contribution in [2.24, 2.45) is 0 Å². The zero-order chi connectivity index (χ0) is 18.9. The number of hydrogen-bond donors (Lipinski definition) is 0. The predicted molar refractivity (Wildman–Crippen MR) is 108 cm³/mol. The van der Waals surface area contributed by atoms with Crippen LogP contribution in [0.3, 0.4) is 0 Å². The van der Waals surface area contributed by atoms with Crippen LogP contribution in [0.25, 0.3) is 0 Å². The van der Waals surface area contributed by atoms with E-state index in [4.69, 9.17) is 9.47 Å². The first-order chi connectivity index (χ1) is 13.8. The van der Waals surface area contributed by atoms with E-state index in [2.05, 4.69) is 0 Å². The highest BCUT2D eigenvalue weighted by Gasteiger charge is 2.33. The Balaban J connectivity index is 1.61. The Bertz CT molecular complexity index is 983. The minimum absolute atomic E-state index is 0.0319. The molecule has 0 N–H and O–H groups in total. The summed E-state index contributed by atoms with van der Waals surface area (Å²) >= 11 is 0. The number of anilines is 1. The number of hydrogen-bond acceptors (Lipinski definition) is 3. The van der Waals surface area contributed by atoms with Crippen molar-refractivity contribution in [3.63, 3.8) is 0 Å². The Morgan fingerprint density at radius 3 is 2.39 bits per heavy atom. The van der Waals surface area contributed by atoms with Gasteiger partial charge < -0.3 is 14.4 Å². The standard InChI is InChI=1S/C24H21NO3/c26-24(22-20-12-14-27-21(20)15-18-11-13-28-23(18)22)25(19-9-5-2-6-10-19)16-17-7-3-1-4-8-17/h1-10,15H,11-14,16H2. The maximum atomic E-state index is 13.9. The third-order valence-electron chi connectivity index (χ3n) is 5.36. The summed E-state index contributed by atoms with van der Waals surface area (Å²) in [6, 6.07) is 21.9. The molecule has 0 atom stereocenters. The molecule has 0 fully saturated rings. The van der Waals surface area contributed by atoms with Crippen molar-refractivity contribution < 1.29 is 14.3 Å². The Hall–Kier alpha value is -3.27. The first-order valence-electron chi connectivity index (χ1n) is 9.66. The first-order valence-corrected chi connectivity index (χ1v) is 9.66. The number of fused-ring (bicyclic) bond motifs is 2. The van der Waals surface area contributed by atoms with Crippen LogP contribution in [0.4, 0.5) is 5.69 Å². The summed E-state index contributed by atoms with van der Waals surface area (Å²) in [6.45, 7) is 1.73. The van der Waals surface area contributed by atoms with Crippen molar-refractivity contribution in [1.29, 1.82) is 0 Å². The lowest BCUT2D eigenvalue weighted by molar-refractivity contribution is 0.0981. The number of carbonyl (C=O) groups is 1. The van der Waals surface area contributed by atoms with E-state index in [9.17, 15) is 4.79 Å². The van der Waals surface area contributed by atoms with Gasteiger partial charge in [-0.3, -0.25) is 4.79 Å². The number of benzene rings is 3. The second kappa shape index (κ2) is 7.04. The zero-order valence-electron chi connectivity index (χ0n) is 15.6. The van der Waals surface area contributed by atoms with E-state index in [1.807, 2.05) is 71.6 Å². The molecule has 0 radical (unpaired) electrons. The molecule has 2 aliphatic heterocycles. The number of ether oxygens (including phenoxy) is 2. The van der Waals surface area contributed by atoms with E-state index in [1.54, 1.807) is 0 Å². The lowest BCUT2D eigenvalue weighted by atomic mass is 9.98. The molecule has 2 aliphatic rings. The van der Waals surface area contributed by atoms with Gasteiger partial charge in [0.25, 0.3) is 5.91 Å². The van der Waals surface area contributed by atoms with Gasteiger partial charge in [0.1, 0.15) is 11.5 Å². The third kappa shape index (κ3) is 2.91. The van der Waals surface area contributed by atoms with E-state index < -0.39 is 0 Å². The average Bonchev–Trinajstić information content (AvgIpc) is 3.40. The molecule has 0 saturated heterocycles. The Kier molecular flexibility index (Phi) is 4.24. The number of nitrogens with zero attached hydrogens (tertiary/aromatic N) is 1. The van der Waals surface area contributed by atoms with Gasteiger partial charge >= 0.3 is 0 Å². The number of rotatable bonds is 4. The molecule has 0 aromatic heterocycles. The summed E-state index contributed by atoms with van der Waals surface area (Å²) < 4.78 is 11.7. The minimum Gasteiger partial charge on any atom is -0.493 e. The molecule has 0 spiro atoms. The summed E-state index contributed by atoms with van der Waals surface area (Å²) in [5.41, 5.74) is 4.67. The Labute approximate surface area is 164 Å². The zero-order valence-corrected chi connectivity index (χ0v) is 15.6. The van der Waals surface area contributed by atoms with Gasteiger partial charge in [-0.2, -0.15) is 0 Å². The van der Waals surface area contributed by atoms with Gasteiger partial charge in [-0.1, -0.05) is 48.5 Å². The highest BCUT2D eigenvalue weighted by Crippen LogP contribution is 2.41. The van der Waals surface area contributed by atoms with E-state index in [0.717, 1.165) is 46.7 Å². The maximum absolute atomic E-state index is 13.9. The smallest absolute Gasteiger partial charge is 0.262 e. The molecule has 2 heterocycles. The van der Waals surface area contributed by atoms with Gasteiger partial charge in [0.2, 0.25) is 0 Å². The summed E-state index contributed by atoms with van der Waals surface area (Å²) in [4.78, 5) is 15.7. The fraction of sp³-hybridized carbons (Fsp3) is 0.208. The van der Waals surface area contributed by atoms with Crippen molar-refractivity contribution in [3.05, 3.63) is 89.0 Å². The third-order valence-corrected chi connectivity index (χ3v) is 5.36. The Morgan fingerprint density at radius 1 is 0.893 bits per heavy atom. The van der Waals surface area contributed by atoms with Crippen LogP contribution in [0.15, 0.2) is 66.7 Å². The van der Waals surface area contributed by atoms with Crippen molar-refractivity contribution in [2.45, 2.75) is 19.4 Å². The molecular formula is C24H21NO3. The fourth-order valence-corrected chi connectivity index (χ4v) is 4.00. The fourth-order valence-electron chi connectivity index (χ4n) is 4.00. The van der Waals surface area contributed by atoms with Crippen LogP contribution in [0.1, 0.15) is 27.0 Å². The monoisotopic (exact) mass is 371 g/mol. The van der Waals surface area contributed by atoms with Crippen LogP contribution in [-0.2, 0) is 19.4 Å². The second-order valence-corrected chi connectivity index (χ2v) is 7.13. The van der Waals surface area contributed by atoms with Gasteiger partial charge in [-0.15, -0.1) is 0 Å². The first kappa shape index (κ1) is 16.9. The lowest BCUT2D eigenvalue weighted by Gasteiger charge is -2.25. The SMILES string of the molecule is O=C(c1c2c(cc3c1OCC3)OCC2)N(Cc1ccccc1)c1ccccc1. The highest BCUT2D eigenvalue weighted by molar-refractivity contribution is 6.09. The molecule has 0 unspecified atom stereocenters. The van der Waals surface area contributed by atoms with Crippen LogP contribution in [-0.4, -0.2) is 19.1 Å². The summed E-state index contributed by atoms with van der Waals surface area (Å²) in [6.07, 6.45) is 1.55. The van der Waals surface area contributed by atoms with Crippen molar-refractivity contribution >= 4 is 11.6 Å². The topological polar surface area (TPSA) is 38.8 Å². The minimum atomic E-state index is -0.0319. The molecule has 0 aliphatic carbocycles. The van der Waals surface area contributed by atoms with E-state index in [-0.39, 0.29) is 5.91 Å². The van der Waals surface area contributed by atoms with Crippen LogP contribution in [0.2, 0.25) is 0 Å². The van der Waals surface area contributed by atoms with Gasteiger partial charge in [0, 0.05) is 29.7 Å². The highest BCUT2D eigenvalue weighted by atomic mass is 16.5. The van der Waals surface area contributed by atoms with Crippen molar-refractivity contribution in [1.82, 2.24) is 0 Å². The van der Waals surface area contributed by atoms with Gasteiger partial charge in [0.05, 0.1) is 25.3 Å². The molecule has 5 rings (SSSR count).